The fourth-order valence-electron chi connectivity index (χ4n) is 1.87. The summed E-state index contributed by atoms with van der Waals surface area (Å²) in [4.78, 5) is 1.21. The van der Waals surface area contributed by atoms with Gasteiger partial charge >= 0.3 is 0 Å². The maximum absolute atomic E-state index is 6.26. The molecule has 0 bridgehead atoms. The maximum Gasteiger partial charge on any atom is 0.0449 e. The molecule has 1 atom stereocenters. The second-order valence-electron chi connectivity index (χ2n) is 4.57. The van der Waals surface area contributed by atoms with Gasteiger partial charge in [0.25, 0.3) is 0 Å². The molecule has 2 aromatic rings. The first-order valence-corrected chi connectivity index (χ1v) is 9.32. The predicted molar refractivity (Wildman–Crippen MR) is 98.8 cm³/mol. The van der Waals surface area contributed by atoms with Gasteiger partial charge in [0.05, 0.1) is 0 Å². The van der Waals surface area contributed by atoms with Gasteiger partial charge in [-0.1, -0.05) is 55.6 Å². The summed E-state index contributed by atoms with van der Waals surface area (Å²) in [5, 5.41) is 0.761. The molecule has 0 heterocycles. The largest absolute Gasteiger partial charge is 0.271 e. The van der Waals surface area contributed by atoms with Crippen molar-refractivity contribution in [3.63, 3.8) is 0 Å². The Hall–Kier alpha value is -0.0400. The van der Waals surface area contributed by atoms with Gasteiger partial charge in [0.1, 0.15) is 0 Å². The zero-order valence-electron chi connectivity index (χ0n) is 11.2. The molecular weight excluding hydrogens is 436 g/mol. The summed E-state index contributed by atoms with van der Waals surface area (Å²) < 4.78 is 2.07. The number of hydrogen-bond donors (Lipinski definition) is 2. The molecule has 0 aliphatic carbocycles. The van der Waals surface area contributed by atoms with E-state index in [4.69, 9.17) is 17.4 Å². The average molecular weight is 451 g/mol. The number of halogens is 3. The molecule has 112 valence electrons. The molecule has 0 aliphatic rings. The molecule has 2 rings (SSSR count). The summed E-state index contributed by atoms with van der Waals surface area (Å²) >= 11 is 14.9. The van der Waals surface area contributed by atoms with Gasteiger partial charge < -0.3 is 0 Å². The van der Waals surface area contributed by atoms with Crippen molar-refractivity contribution in [1.29, 1.82) is 0 Å². The predicted octanol–water partition coefficient (Wildman–Crippen LogP) is 5.03. The Balaban J connectivity index is 1.97. The fraction of sp³-hybridized carbons (Fsp3) is 0.200. The van der Waals surface area contributed by atoms with Gasteiger partial charge in [-0.15, -0.1) is 11.8 Å². The Morgan fingerprint density at radius 2 is 1.90 bits per heavy atom. The van der Waals surface area contributed by atoms with E-state index in [2.05, 4.69) is 49.4 Å². The van der Waals surface area contributed by atoms with E-state index >= 15 is 0 Å². The lowest BCUT2D eigenvalue weighted by Crippen LogP contribution is -2.38. The van der Waals surface area contributed by atoms with E-state index in [0.29, 0.717) is 0 Å². The van der Waals surface area contributed by atoms with Crippen LogP contribution in [0.4, 0.5) is 0 Å². The van der Waals surface area contributed by atoms with E-state index in [1.54, 1.807) is 11.8 Å². The average Bonchev–Trinajstić information content (AvgIpc) is 2.45. The molecular formula is C15H15Br2ClN2S. The number of hydrazine groups is 1. The molecule has 0 aliphatic heterocycles. The van der Waals surface area contributed by atoms with Crippen molar-refractivity contribution in [2.24, 2.45) is 5.84 Å². The van der Waals surface area contributed by atoms with Crippen LogP contribution in [0.5, 0.6) is 0 Å². The molecule has 0 amide bonds. The molecule has 6 heteroatoms. The molecule has 0 saturated carbocycles. The summed E-state index contributed by atoms with van der Waals surface area (Å²) in [6.45, 7) is 0. The van der Waals surface area contributed by atoms with Crippen LogP contribution in [-0.2, 0) is 6.42 Å². The van der Waals surface area contributed by atoms with Crippen molar-refractivity contribution in [1.82, 2.24) is 5.43 Å². The first-order valence-electron chi connectivity index (χ1n) is 6.37. The zero-order chi connectivity index (χ0) is 15.2. The quantitative estimate of drug-likeness (QED) is 0.368. The molecule has 0 spiro atoms. The highest BCUT2D eigenvalue weighted by Crippen LogP contribution is 2.25. The summed E-state index contributed by atoms with van der Waals surface area (Å²) in [6, 6.07) is 14.3. The van der Waals surface area contributed by atoms with E-state index in [0.717, 1.165) is 31.7 Å². The number of nitrogens with two attached hydrogens (primary N) is 1. The number of rotatable bonds is 6. The third kappa shape index (κ3) is 5.58. The first-order chi connectivity index (χ1) is 10.1. The molecule has 0 fully saturated rings. The van der Waals surface area contributed by atoms with E-state index in [1.807, 2.05) is 30.3 Å². The Bertz CT molecular complexity index is 610. The van der Waals surface area contributed by atoms with Crippen molar-refractivity contribution in [3.05, 3.63) is 62.0 Å². The number of thioether (sulfide) groups is 1. The third-order valence-corrected chi connectivity index (χ3v) is 5.46. The normalized spacial score (nSPS) is 12.4. The Kier molecular flexibility index (Phi) is 7.05. The molecule has 0 radical (unpaired) electrons. The van der Waals surface area contributed by atoms with Crippen LogP contribution in [0.2, 0.25) is 5.02 Å². The minimum absolute atomic E-state index is 0.160. The zero-order valence-corrected chi connectivity index (χ0v) is 15.9. The number of benzene rings is 2. The smallest absolute Gasteiger partial charge is 0.0449 e. The lowest BCUT2D eigenvalue weighted by atomic mass is 10.1. The Labute approximate surface area is 151 Å². The van der Waals surface area contributed by atoms with Crippen LogP contribution in [0, 0.1) is 0 Å². The standard InChI is InChI=1S/C15H15Br2ClN2S/c16-11-2-1-3-14(7-11)21-9-13(20-19)6-10-4-5-12(17)8-15(10)18/h1-5,7-8,13,20H,6,9,19H2. The molecule has 1 unspecified atom stereocenters. The van der Waals surface area contributed by atoms with Crippen molar-refractivity contribution in [2.75, 3.05) is 5.75 Å². The van der Waals surface area contributed by atoms with Crippen molar-refractivity contribution < 1.29 is 0 Å². The van der Waals surface area contributed by atoms with Gasteiger partial charge in [-0.05, 0) is 42.3 Å². The lowest BCUT2D eigenvalue weighted by Gasteiger charge is -2.16. The molecule has 2 aromatic carbocycles. The highest BCUT2D eigenvalue weighted by Gasteiger charge is 2.11. The summed E-state index contributed by atoms with van der Waals surface area (Å²) in [5.74, 6) is 6.54. The van der Waals surface area contributed by atoms with Crippen LogP contribution in [0.3, 0.4) is 0 Å². The van der Waals surface area contributed by atoms with Crippen LogP contribution in [0.25, 0.3) is 0 Å². The van der Waals surface area contributed by atoms with E-state index in [1.165, 1.54) is 4.90 Å². The molecule has 0 aromatic heterocycles. The Morgan fingerprint density at radius 1 is 1.14 bits per heavy atom. The summed E-state index contributed by atoms with van der Waals surface area (Å²) in [7, 11) is 0. The molecule has 0 saturated heterocycles. The van der Waals surface area contributed by atoms with Crippen LogP contribution < -0.4 is 11.3 Å². The maximum atomic E-state index is 6.26. The van der Waals surface area contributed by atoms with Crippen LogP contribution >= 0.6 is 55.2 Å². The highest BCUT2D eigenvalue weighted by atomic mass is 79.9. The van der Waals surface area contributed by atoms with Crippen LogP contribution in [0.15, 0.2) is 56.3 Å². The first kappa shape index (κ1) is 17.3. The van der Waals surface area contributed by atoms with Gasteiger partial charge in [0.2, 0.25) is 0 Å². The van der Waals surface area contributed by atoms with E-state index in [9.17, 15) is 0 Å². The molecule has 2 nitrogen and oxygen atoms in total. The van der Waals surface area contributed by atoms with Crippen molar-refractivity contribution >= 4 is 55.2 Å². The summed E-state index contributed by atoms with van der Waals surface area (Å²) in [5.41, 5.74) is 3.97. The van der Waals surface area contributed by atoms with Crippen LogP contribution in [0.1, 0.15) is 5.56 Å². The van der Waals surface area contributed by atoms with Gasteiger partial charge in [-0.25, -0.2) is 0 Å². The second kappa shape index (κ2) is 8.56. The SMILES string of the molecule is NNC(CSc1cccc(Br)c1)Cc1ccc(Br)cc1Cl. The minimum atomic E-state index is 0.160. The minimum Gasteiger partial charge on any atom is -0.271 e. The molecule has 3 N–H and O–H groups in total. The number of hydrogen-bond acceptors (Lipinski definition) is 3. The third-order valence-electron chi connectivity index (χ3n) is 2.96. The lowest BCUT2D eigenvalue weighted by molar-refractivity contribution is 0.575. The number of nitrogens with one attached hydrogen (secondary N) is 1. The summed E-state index contributed by atoms with van der Waals surface area (Å²) in [6.07, 6.45) is 0.795. The van der Waals surface area contributed by atoms with Gasteiger partial charge in [-0.3, -0.25) is 11.3 Å². The monoisotopic (exact) mass is 448 g/mol. The van der Waals surface area contributed by atoms with Gasteiger partial charge in [0.15, 0.2) is 0 Å². The van der Waals surface area contributed by atoms with Crippen molar-refractivity contribution in [2.45, 2.75) is 17.4 Å². The molecule has 21 heavy (non-hydrogen) atoms. The van der Waals surface area contributed by atoms with E-state index < -0.39 is 0 Å². The topological polar surface area (TPSA) is 38.0 Å². The fourth-order valence-corrected chi connectivity index (χ4v) is 4.17. The van der Waals surface area contributed by atoms with Crippen LogP contribution in [-0.4, -0.2) is 11.8 Å². The second-order valence-corrected chi connectivity index (χ2v) is 7.90. The van der Waals surface area contributed by atoms with Crippen molar-refractivity contribution in [3.8, 4) is 0 Å². The highest BCUT2D eigenvalue weighted by molar-refractivity contribution is 9.10. The van der Waals surface area contributed by atoms with E-state index in [-0.39, 0.29) is 6.04 Å². The Morgan fingerprint density at radius 3 is 2.57 bits per heavy atom. The van der Waals surface area contributed by atoms with Gasteiger partial charge in [0, 0.05) is 30.7 Å². The van der Waals surface area contributed by atoms with Gasteiger partial charge in [-0.2, -0.15) is 0 Å².